The SMILES string of the molecule is Cc1cc(C)cc(-c2cc3nc(-c4ccccc4)c(-c4ccc(-c5cccnc5)cc4)nc3cc2-c2cc(C)cc(C)c2)c1. The number of aryl methyl sites for hydroxylation is 4. The third-order valence-corrected chi connectivity index (χ3v) is 8.07. The van der Waals surface area contributed by atoms with Gasteiger partial charge >= 0.3 is 0 Å². The second kappa shape index (κ2) is 11.3. The van der Waals surface area contributed by atoms with Gasteiger partial charge in [0.05, 0.1) is 22.4 Å². The number of hydrogen-bond donors (Lipinski definition) is 0. The molecule has 0 radical (unpaired) electrons. The molecular formula is C41H33N3. The normalized spacial score (nSPS) is 11.2. The first-order valence-corrected chi connectivity index (χ1v) is 15.0. The van der Waals surface area contributed by atoms with Crippen LogP contribution in [0.5, 0.6) is 0 Å². The lowest BCUT2D eigenvalue weighted by Gasteiger charge is -2.16. The summed E-state index contributed by atoms with van der Waals surface area (Å²) in [5.41, 5.74) is 17.4. The molecule has 0 unspecified atom stereocenters. The second-order valence-corrected chi connectivity index (χ2v) is 11.7. The van der Waals surface area contributed by atoms with Gasteiger partial charge in [0.25, 0.3) is 0 Å². The van der Waals surface area contributed by atoms with E-state index >= 15 is 0 Å². The van der Waals surface area contributed by atoms with Crippen molar-refractivity contribution in [3.8, 4) is 55.9 Å². The van der Waals surface area contributed by atoms with E-state index in [2.05, 4.69) is 136 Å². The van der Waals surface area contributed by atoms with E-state index in [1.54, 1.807) is 6.20 Å². The number of nitrogens with zero attached hydrogens (tertiary/aromatic N) is 3. The number of benzene rings is 5. The van der Waals surface area contributed by atoms with Gasteiger partial charge in [-0.25, -0.2) is 9.97 Å². The lowest BCUT2D eigenvalue weighted by molar-refractivity contribution is 1.29. The fourth-order valence-corrected chi connectivity index (χ4v) is 6.19. The molecule has 3 nitrogen and oxygen atoms in total. The van der Waals surface area contributed by atoms with Gasteiger partial charge in [-0.15, -0.1) is 0 Å². The van der Waals surface area contributed by atoms with E-state index in [4.69, 9.17) is 9.97 Å². The van der Waals surface area contributed by atoms with E-state index in [0.717, 1.165) is 55.8 Å². The number of aromatic nitrogens is 3. The van der Waals surface area contributed by atoms with Gasteiger partial charge in [0.15, 0.2) is 0 Å². The van der Waals surface area contributed by atoms with Crippen LogP contribution in [0.25, 0.3) is 66.9 Å². The summed E-state index contributed by atoms with van der Waals surface area (Å²) in [6.07, 6.45) is 3.69. The molecule has 0 amide bonds. The Morgan fingerprint density at radius 2 is 0.841 bits per heavy atom. The largest absolute Gasteiger partial charge is 0.264 e. The average molecular weight is 568 g/mol. The predicted octanol–water partition coefficient (Wildman–Crippen LogP) is 10.6. The number of hydrogen-bond acceptors (Lipinski definition) is 3. The van der Waals surface area contributed by atoms with Gasteiger partial charge in [-0.3, -0.25) is 4.98 Å². The molecule has 0 saturated carbocycles. The van der Waals surface area contributed by atoms with Gasteiger partial charge in [0.2, 0.25) is 0 Å². The molecule has 2 aromatic heterocycles. The van der Waals surface area contributed by atoms with Crippen LogP contribution in [0.1, 0.15) is 22.3 Å². The van der Waals surface area contributed by atoms with Crippen LogP contribution in [-0.4, -0.2) is 15.0 Å². The molecule has 5 aromatic carbocycles. The Bertz CT molecular complexity index is 2090. The van der Waals surface area contributed by atoms with Crippen molar-refractivity contribution < 1.29 is 0 Å². The number of rotatable bonds is 5. The van der Waals surface area contributed by atoms with Crippen LogP contribution in [0.2, 0.25) is 0 Å². The maximum Gasteiger partial charge on any atom is 0.0973 e. The van der Waals surface area contributed by atoms with E-state index in [1.165, 1.54) is 33.4 Å². The van der Waals surface area contributed by atoms with Crippen molar-refractivity contribution in [2.75, 3.05) is 0 Å². The highest BCUT2D eigenvalue weighted by atomic mass is 14.8. The molecule has 44 heavy (non-hydrogen) atoms. The highest BCUT2D eigenvalue weighted by Crippen LogP contribution is 2.39. The first kappa shape index (κ1) is 27.4. The fraction of sp³-hybridized carbons (Fsp3) is 0.0976. The Hall–Kier alpha value is -5.41. The van der Waals surface area contributed by atoms with Crippen molar-refractivity contribution in [3.05, 3.63) is 150 Å². The molecule has 0 saturated heterocycles. The Labute approximate surface area is 259 Å². The molecule has 7 aromatic rings. The molecular weight excluding hydrogens is 534 g/mol. The Morgan fingerprint density at radius 3 is 1.32 bits per heavy atom. The van der Waals surface area contributed by atoms with Gasteiger partial charge < -0.3 is 0 Å². The Morgan fingerprint density at radius 1 is 0.386 bits per heavy atom. The summed E-state index contributed by atoms with van der Waals surface area (Å²) in [5, 5.41) is 0. The van der Waals surface area contributed by atoms with Crippen molar-refractivity contribution in [2.24, 2.45) is 0 Å². The minimum Gasteiger partial charge on any atom is -0.264 e. The molecule has 0 bridgehead atoms. The van der Waals surface area contributed by atoms with Gasteiger partial charge in [0, 0.05) is 23.5 Å². The highest BCUT2D eigenvalue weighted by molar-refractivity contribution is 5.96. The molecule has 0 aliphatic rings. The van der Waals surface area contributed by atoms with E-state index in [1.807, 2.05) is 18.3 Å². The monoisotopic (exact) mass is 567 g/mol. The lowest BCUT2D eigenvalue weighted by Crippen LogP contribution is -1.98. The third kappa shape index (κ3) is 5.41. The van der Waals surface area contributed by atoms with E-state index in [0.29, 0.717) is 0 Å². The molecule has 0 atom stereocenters. The lowest BCUT2D eigenvalue weighted by atomic mass is 9.90. The van der Waals surface area contributed by atoms with Crippen molar-refractivity contribution in [1.29, 1.82) is 0 Å². The van der Waals surface area contributed by atoms with Gasteiger partial charge in [0.1, 0.15) is 0 Å². The van der Waals surface area contributed by atoms with E-state index < -0.39 is 0 Å². The van der Waals surface area contributed by atoms with Crippen molar-refractivity contribution in [3.63, 3.8) is 0 Å². The summed E-state index contributed by atoms with van der Waals surface area (Å²) in [6, 6.07) is 40.9. The minimum absolute atomic E-state index is 0.868. The average Bonchev–Trinajstić information content (AvgIpc) is 3.03. The zero-order chi connectivity index (χ0) is 30.2. The molecule has 3 heteroatoms. The quantitative estimate of drug-likeness (QED) is 0.208. The molecule has 0 aliphatic heterocycles. The summed E-state index contributed by atoms with van der Waals surface area (Å²) >= 11 is 0. The molecule has 0 N–H and O–H groups in total. The van der Waals surface area contributed by atoms with E-state index in [-0.39, 0.29) is 0 Å². The zero-order valence-electron chi connectivity index (χ0n) is 25.5. The van der Waals surface area contributed by atoms with Crippen LogP contribution in [0.3, 0.4) is 0 Å². The summed E-state index contributed by atoms with van der Waals surface area (Å²) in [5.74, 6) is 0. The van der Waals surface area contributed by atoms with Crippen LogP contribution in [0.15, 0.2) is 128 Å². The Kier molecular flexibility index (Phi) is 7.07. The maximum absolute atomic E-state index is 5.35. The first-order chi connectivity index (χ1) is 21.4. The van der Waals surface area contributed by atoms with Crippen LogP contribution in [-0.2, 0) is 0 Å². The van der Waals surface area contributed by atoms with Crippen molar-refractivity contribution in [2.45, 2.75) is 27.7 Å². The van der Waals surface area contributed by atoms with Crippen molar-refractivity contribution >= 4 is 11.0 Å². The number of fused-ring (bicyclic) bond motifs is 1. The van der Waals surface area contributed by atoms with Gasteiger partial charge in [-0.05, 0) is 79.3 Å². The van der Waals surface area contributed by atoms with Crippen LogP contribution < -0.4 is 0 Å². The molecule has 212 valence electrons. The van der Waals surface area contributed by atoms with Gasteiger partial charge in [-0.2, -0.15) is 0 Å². The standard InChI is InChI=1S/C41H33N3/c1-26-17-27(2)20-34(19-26)36-23-38-39(24-37(36)35-21-28(3)18-29(4)22-35)44-41(40(43-38)31-9-6-5-7-10-31)32-14-12-30(13-15-32)33-11-8-16-42-25-33/h5-25H,1-4H3. The van der Waals surface area contributed by atoms with E-state index in [9.17, 15) is 0 Å². The summed E-state index contributed by atoms with van der Waals surface area (Å²) in [6.45, 7) is 8.64. The summed E-state index contributed by atoms with van der Waals surface area (Å²) in [4.78, 5) is 15.0. The molecule has 0 aliphatic carbocycles. The van der Waals surface area contributed by atoms with Crippen LogP contribution in [0, 0.1) is 27.7 Å². The fourth-order valence-electron chi connectivity index (χ4n) is 6.19. The first-order valence-electron chi connectivity index (χ1n) is 15.0. The third-order valence-electron chi connectivity index (χ3n) is 8.07. The molecule has 0 spiro atoms. The molecule has 7 rings (SSSR count). The van der Waals surface area contributed by atoms with Crippen LogP contribution in [0.4, 0.5) is 0 Å². The second-order valence-electron chi connectivity index (χ2n) is 11.7. The topological polar surface area (TPSA) is 38.7 Å². The highest BCUT2D eigenvalue weighted by Gasteiger charge is 2.18. The summed E-state index contributed by atoms with van der Waals surface area (Å²) in [7, 11) is 0. The van der Waals surface area contributed by atoms with Gasteiger partial charge in [-0.1, -0.05) is 119 Å². The number of pyridine rings is 1. The van der Waals surface area contributed by atoms with Crippen LogP contribution >= 0.6 is 0 Å². The smallest absolute Gasteiger partial charge is 0.0973 e. The summed E-state index contributed by atoms with van der Waals surface area (Å²) < 4.78 is 0. The molecule has 2 heterocycles. The maximum atomic E-state index is 5.35. The van der Waals surface area contributed by atoms with Crippen molar-refractivity contribution in [1.82, 2.24) is 15.0 Å². The molecule has 0 fully saturated rings. The zero-order valence-corrected chi connectivity index (χ0v) is 25.5. The predicted molar refractivity (Wildman–Crippen MR) is 183 cm³/mol. The Balaban J connectivity index is 1.48. The minimum atomic E-state index is 0.868.